The zero-order valence-electron chi connectivity index (χ0n) is 5.17. The van der Waals surface area contributed by atoms with Crippen molar-refractivity contribution in [2.45, 2.75) is 0 Å². The number of phenols is 3. The zero-order valence-corrected chi connectivity index (χ0v) is 8.35. The summed E-state index contributed by atoms with van der Waals surface area (Å²) in [6, 6.07) is 1.12. The molecule has 0 atom stereocenters. The molecule has 5 heteroatoms. The SMILES string of the molecule is Oc1cc(O)c(Br)c(O)c1Br. The first-order valence-corrected chi connectivity index (χ1v) is 4.21. The molecule has 0 bridgehead atoms. The largest absolute Gasteiger partial charge is 0.506 e. The highest BCUT2D eigenvalue weighted by molar-refractivity contribution is 9.11. The molecule has 0 saturated carbocycles. The predicted octanol–water partition coefficient (Wildman–Crippen LogP) is 2.33. The molecule has 11 heavy (non-hydrogen) atoms. The second kappa shape index (κ2) is 2.91. The van der Waals surface area contributed by atoms with Gasteiger partial charge in [0.2, 0.25) is 0 Å². The lowest BCUT2D eigenvalue weighted by atomic mass is 10.3. The van der Waals surface area contributed by atoms with Gasteiger partial charge in [0, 0.05) is 6.07 Å². The predicted molar refractivity (Wildman–Crippen MR) is 46.8 cm³/mol. The average Bonchev–Trinajstić information content (AvgIpc) is 1.97. The molecule has 60 valence electrons. The van der Waals surface area contributed by atoms with Gasteiger partial charge in [-0.3, -0.25) is 0 Å². The summed E-state index contributed by atoms with van der Waals surface area (Å²) < 4.78 is 0.310. The van der Waals surface area contributed by atoms with Gasteiger partial charge in [0.1, 0.15) is 20.4 Å². The highest BCUT2D eigenvalue weighted by Gasteiger charge is 2.12. The molecule has 3 N–H and O–H groups in total. The number of halogens is 2. The van der Waals surface area contributed by atoms with E-state index >= 15 is 0 Å². The van der Waals surface area contributed by atoms with E-state index < -0.39 is 0 Å². The second-order valence-electron chi connectivity index (χ2n) is 1.89. The lowest BCUT2D eigenvalue weighted by molar-refractivity contribution is 0.419. The van der Waals surface area contributed by atoms with Crippen LogP contribution in [0.3, 0.4) is 0 Å². The number of hydrogen-bond donors (Lipinski definition) is 3. The molecule has 0 aliphatic heterocycles. The van der Waals surface area contributed by atoms with Gasteiger partial charge in [-0.25, -0.2) is 0 Å². The third-order valence-corrected chi connectivity index (χ3v) is 2.70. The maximum Gasteiger partial charge on any atom is 0.151 e. The van der Waals surface area contributed by atoms with Crippen molar-refractivity contribution in [2.24, 2.45) is 0 Å². The summed E-state index contributed by atoms with van der Waals surface area (Å²) in [7, 11) is 0. The van der Waals surface area contributed by atoms with Crippen molar-refractivity contribution in [3.63, 3.8) is 0 Å². The molecule has 0 aliphatic carbocycles. The molecule has 0 heterocycles. The van der Waals surface area contributed by atoms with Gasteiger partial charge in [-0.1, -0.05) is 0 Å². The minimum Gasteiger partial charge on any atom is -0.506 e. The lowest BCUT2D eigenvalue weighted by Gasteiger charge is -2.03. The van der Waals surface area contributed by atoms with E-state index in [0.717, 1.165) is 6.07 Å². The van der Waals surface area contributed by atoms with Crippen molar-refractivity contribution in [2.75, 3.05) is 0 Å². The molecule has 0 unspecified atom stereocenters. The lowest BCUT2D eigenvalue weighted by Crippen LogP contribution is -1.75. The van der Waals surface area contributed by atoms with Gasteiger partial charge in [0.25, 0.3) is 0 Å². The van der Waals surface area contributed by atoms with Crippen molar-refractivity contribution in [1.29, 1.82) is 0 Å². The molecular formula is C6H4Br2O3. The minimum absolute atomic E-state index is 0.155. The molecule has 1 rings (SSSR count). The van der Waals surface area contributed by atoms with Gasteiger partial charge in [0.05, 0.1) is 0 Å². The first-order valence-electron chi connectivity index (χ1n) is 2.63. The van der Waals surface area contributed by atoms with E-state index in [1.165, 1.54) is 0 Å². The molecule has 0 amide bonds. The van der Waals surface area contributed by atoms with Crippen molar-refractivity contribution in [3.05, 3.63) is 15.0 Å². The number of benzene rings is 1. The van der Waals surface area contributed by atoms with Crippen LogP contribution >= 0.6 is 31.9 Å². The van der Waals surface area contributed by atoms with Crippen LogP contribution in [0.1, 0.15) is 0 Å². The Labute approximate surface area is 79.5 Å². The summed E-state index contributed by atoms with van der Waals surface area (Å²) in [4.78, 5) is 0. The van der Waals surface area contributed by atoms with Crippen molar-refractivity contribution < 1.29 is 15.3 Å². The third-order valence-electron chi connectivity index (χ3n) is 1.14. The maximum absolute atomic E-state index is 9.15. The van der Waals surface area contributed by atoms with Gasteiger partial charge >= 0.3 is 0 Å². The topological polar surface area (TPSA) is 60.7 Å². The van der Waals surface area contributed by atoms with E-state index in [4.69, 9.17) is 15.3 Å². The van der Waals surface area contributed by atoms with Crippen LogP contribution in [0.15, 0.2) is 15.0 Å². The number of phenolic OH excluding ortho intramolecular Hbond substituents is 3. The Bertz CT molecular complexity index is 272. The van der Waals surface area contributed by atoms with Crippen LogP contribution in [0.25, 0.3) is 0 Å². The van der Waals surface area contributed by atoms with Crippen molar-refractivity contribution in [3.8, 4) is 17.2 Å². The van der Waals surface area contributed by atoms with E-state index in [2.05, 4.69) is 31.9 Å². The molecule has 0 radical (unpaired) electrons. The fraction of sp³-hybridized carbons (Fsp3) is 0. The van der Waals surface area contributed by atoms with E-state index in [1.54, 1.807) is 0 Å². The Morgan fingerprint density at radius 2 is 1.27 bits per heavy atom. The zero-order chi connectivity index (χ0) is 8.59. The fourth-order valence-corrected chi connectivity index (χ4v) is 1.49. The third kappa shape index (κ3) is 1.44. The van der Waals surface area contributed by atoms with E-state index in [1.807, 2.05) is 0 Å². The molecule has 0 saturated heterocycles. The summed E-state index contributed by atoms with van der Waals surface area (Å²) in [5, 5.41) is 27.2. The van der Waals surface area contributed by atoms with Crippen LogP contribution in [0, 0.1) is 0 Å². The standard InChI is InChI=1S/C6H4Br2O3/c7-4-2(9)1-3(10)5(8)6(4)11/h1,9-11H. The minimum atomic E-state index is -0.220. The fourth-order valence-electron chi connectivity index (χ4n) is 0.595. The molecular weight excluding hydrogens is 280 g/mol. The Morgan fingerprint density at radius 3 is 1.64 bits per heavy atom. The second-order valence-corrected chi connectivity index (χ2v) is 3.48. The summed E-state index contributed by atoms with van der Waals surface area (Å²) in [5.41, 5.74) is 0. The Morgan fingerprint density at radius 1 is 0.909 bits per heavy atom. The van der Waals surface area contributed by atoms with Gasteiger partial charge < -0.3 is 15.3 Å². The highest BCUT2D eigenvalue weighted by Crippen LogP contribution is 2.43. The monoisotopic (exact) mass is 282 g/mol. The van der Waals surface area contributed by atoms with Crippen LogP contribution in [-0.4, -0.2) is 15.3 Å². The average molecular weight is 284 g/mol. The van der Waals surface area contributed by atoms with Crippen molar-refractivity contribution >= 4 is 31.9 Å². The number of aromatic hydroxyl groups is 3. The maximum atomic E-state index is 9.15. The first-order chi connectivity index (χ1) is 5.04. The summed E-state index contributed by atoms with van der Waals surface area (Å²) in [6.07, 6.45) is 0. The van der Waals surface area contributed by atoms with Gasteiger partial charge in [-0.15, -0.1) is 0 Å². The Hall–Kier alpha value is -0.420. The summed E-state index contributed by atoms with van der Waals surface area (Å²) in [5.74, 6) is -0.631. The molecule has 1 aromatic rings. The summed E-state index contributed by atoms with van der Waals surface area (Å²) >= 11 is 5.85. The van der Waals surface area contributed by atoms with E-state index in [9.17, 15) is 0 Å². The Kier molecular flexibility index (Phi) is 2.29. The normalized spacial score (nSPS) is 10.0. The van der Waals surface area contributed by atoms with E-state index in [-0.39, 0.29) is 26.2 Å². The number of rotatable bonds is 0. The number of hydrogen-bond acceptors (Lipinski definition) is 3. The highest BCUT2D eigenvalue weighted by atomic mass is 79.9. The quantitative estimate of drug-likeness (QED) is 0.685. The smallest absolute Gasteiger partial charge is 0.151 e. The van der Waals surface area contributed by atoms with Crippen LogP contribution in [-0.2, 0) is 0 Å². The Balaban J connectivity index is 3.46. The van der Waals surface area contributed by atoms with Crippen LogP contribution in [0.2, 0.25) is 0 Å². The van der Waals surface area contributed by atoms with Crippen LogP contribution in [0.5, 0.6) is 17.2 Å². The van der Waals surface area contributed by atoms with Crippen LogP contribution in [0.4, 0.5) is 0 Å². The van der Waals surface area contributed by atoms with Crippen molar-refractivity contribution in [1.82, 2.24) is 0 Å². The molecule has 0 spiro atoms. The summed E-state index contributed by atoms with van der Waals surface area (Å²) in [6.45, 7) is 0. The molecule has 0 fully saturated rings. The molecule has 0 aliphatic rings. The molecule has 1 aromatic carbocycles. The van der Waals surface area contributed by atoms with Gasteiger partial charge in [-0.05, 0) is 31.9 Å². The van der Waals surface area contributed by atoms with E-state index in [0.29, 0.717) is 0 Å². The van der Waals surface area contributed by atoms with Gasteiger partial charge in [-0.2, -0.15) is 0 Å². The van der Waals surface area contributed by atoms with Crippen LogP contribution < -0.4 is 0 Å². The molecule has 0 aromatic heterocycles. The molecule has 3 nitrogen and oxygen atoms in total. The van der Waals surface area contributed by atoms with Gasteiger partial charge in [0.15, 0.2) is 5.75 Å². The first kappa shape index (κ1) is 8.67.